The normalized spacial score (nSPS) is 22.2. The lowest BCUT2D eigenvalue weighted by molar-refractivity contribution is -0.152. The number of hydrogen-bond acceptors (Lipinski definition) is 6. The van der Waals surface area contributed by atoms with E-state index in [0.717, 1.165) is 25.7 Å². The zero-order chi connectivity index (χ0) is 19.4. The maximum absolute atomic E-state index is 12.3. The minimum Gasteiger partial charge on any atom is -0.454 e. The highest BCUT2D eigenvalue weighted by Crippen LogP contribution is 2.22. The minimum absolute atomic E-state index is 0.107. The van der Waals surface area contributed by atoms with Gasteiger partial charge in [0, 0.05) is 18.2 Å². The van der Waals surface area contributed by atoms with Crippen molar-refractivity contribution in [3.63, 3.8) is 0 Å². The predicted octanol–water partition coefficient (Wildman–Crippen LogP) is 1.06. The number of carbonyl (C=O) groups is 2. The number of likely N-dealkylation sites (tertiary alicyclic amines) is 1. The maximum Gasteiger partial charge on any atom is 0.328 e. The van der Waals surface area contributed by atoms with Gasteiger partial charge in [-0.05, 0) is 37.8 Å². The molecule has 146 valence electrons. The van der Waals surface area contributed by atoms with Crippen LogP contribution < -0.4 is 4.72 Å². The number of nitrogens with one attached hydrogen (secondary N) is 1. The van der Waals surface area contributed by atoms with Crippen LogP contribution in [0.1, 0.15) is 38.2 Å². The molecule has 27 heavy (non-hydrogen) atoms. The van der Waals surface area contributed by atoms with Gasteiger partial charge in [-0.25, -0.2) is 8.42 Å². The number of rotatable bonds is 5. The summed E-state index contributed by atoms with van der Waals surface area (Å²) >= 11 is 0. The first-order valence-corrected chi connectivity index (χ1v) is 10.5. The highest BCUT2D eigenvalue weighted by Gasteiger charge is 2.30. The smallest absolute Gasteiger partial charge is 0.328 e. The summed E-state index contributed by atoms with van der Waals surface area (Å²) in [5.41, 5.74) is 0.417. The molecular formula is C18H23N3O5S. The average Bonchev–Trinajstić information content (AvgIpc) is 2.95. The van der Waals surface area contributed by atoms with Gasteiger partial charge in [-0.3, -0.25) is 19.3 Å². The van der Waals surface area contributed by atoms with Crippen molar-refractivity contribution in [2.45, 2.75) is 43.5 Å². The van der Waals surface area contributed by atoms with E-state index in [1.54, 1.807) is 23.1 Å². The molecule has 3 rings (SSSR count). The Morgan fingerprint density at radius 1 is 1.30 bits per heavy atom. The van der Waals surface area contributed by atoms with Gasteiger partial charge in [0.15, 0.2) is 6.61 Å². The fourth-order valence-corrected chi connectivity index (χ4v) is 4.67. The van der Waals surface area contributed by atoms with Crippen molar-refractivity contribution < 1.29 is 22.7 Å². The molecule has 9 heteroatoms. The molecular weight excluding hydrogens is 370 g/mol. The summed E-state index contributed by atoms with van der Waals surface area (Å²) in [6, 6.07) is 6.60. The summed E-state index contributed by atoms with van der Waals surface area (Å²) in [5, 5.41) is 0. The summed E-state index contributed by atoms with van der Waals surface area (Å²) in [4.78, 5) is 30.2. The molecule has 1 N–H and O–H groups in total. The Kier molecular flexibility index (Phi) is 5.79. The maximum atomic E-state index is 12.3. The summed E-state index contributed by atoms with van der Waals surface area (Å²) in [6.07, 6.45) is 3.93. The van der Waals surface area contributed by atoms with Crippen LogP contribution in [0.5, 0.6) is 0 Å². The Labute approximate surface area is 158 Å². The van der Waals surface area contributed by atoms with Crippen molar-refractivity contribution in [1.82, 2.24) is 9.62 Å². The van der Waals surface area contributed by atoms with E-state index in [1.165, 1.54) is 6.07 Å². The second-order valence-corrected chi connectivity index (χ2v) is 8.22. The van der Waals surface area contributed by atoms with Gasteiger partial charge in [0.1, 0.15) is 12.4 Å². The minimum atomic E-state index is -3.65. The van der Waals surface area contributed by atoms with Crippen molar-refractivity contribution in [3.8, 4) is 0 Å². The number of ether oxygens (including phenoxy) is 1. The van der Waals surface area contributed by atoms with E-state index in [9.17, 15) is 18.0 Å². The van der Waals surface area contributed by atoms with Gasteiger partial charge in [-0.1, -0.05) is 19.1 Å². The van der Waals surface area contributed by atoms with Crippen LogP contribution in [0.4, 0.5) is 0 Å². The van der Waals surface area contributed by atoms with Crippen molar-refractivity contribution >= 4 is 27.7 Å². The first-order valence-electron chi connectivity index (χ1n) is 9.04. The van der Waals surface area contributed by atoms with Crippen LogP contribution in [0.3, 0.4) is 0 Å². The first-order chi connectivity index (χ1) is 12.9. The average molecular weight is 393 g/mol. The number of fused-ring (bicyclic) bond motifs is 1. The molecule has 0 bridgehead atoms. The Hall–Kier alpha value is -2.42. The third kappa shape index (κ3) is 4.29. The third-order valence-corrected chi connectivity index (χ3v) is 6.20. The van der Waals surface area contributed by atoms with Gasteiger partial charge in [0.25, 0.3) is 15.9 Å². The molecule has 0 aliphatic carbocycles. The number of esters is 1. The van der Waals surface area contributed by atoms with Gasteiger partial charge < -0.3 is 9.64 Å². The van der Waals surface area contributed by atoms with Crippen LogP contribution >= 0.6 is 0 Å². The lowest BCUT2D eigenvalue weighted by Crippen LogP contribution is -2.45. The predicted molar refractivity (Wildman–Crippen MR) is 98.8 cm³/mol. The number of amidine groups is 1. The zero-order valence-corrected chi connectivity index (χ0v) is 16.0. The molecule has 1 aromatic rings. The van der Waals surface area contributed by atoms with Gasteiger partial charge in [0.05, 0.1) is 4.90 Å². The molecule has 0 spiro atoms. The van der Waals surface area contributed by atoms with Crippen molar-refractivity contribution in [2.75, 3.05) is 19.7 Å². The van der Waals surface area contributed by atoms with Crippen LogP contribution in [-0.4, -0.2) is 56.8 Å². The Morgan fingerprint density at radius 2 is 2.07 bits per heavy atom. The van der Waals surface area contributed by atoms with E-state index in [4.69, 9.17) is 4.74 Å². The highest BCUT2D eigenvalue weighted by atomic mass is 32.2. The van der Waals surface area contributed by atoms with Crippen LogP contribution in [0.2, 0.25) is 0 Å². The number of benzene rings is 1. The lowest BCUT2D eigenvalue weighted by Gasteiger charge is -2.35. The van der Waals surface area contributed by atoms with Crippen molar-refractivity contribution in [2.24, 2.45) is 4.99 Å². The number of nitrogens with zero attached hydrogens (tertiary/aromatic N) is 2. The number of amides is 1. The van der Waals surface area contributed by atoms with E-state index in [-0.39, 0.29) is 35.8 Å². The van der Waals surface area contributed by atoms with E-state index in [1.807, 2.05) is 6.92 Å². The molecule has 0 aromatic heterocycles. The van der Waals surface area contributed by atoms with Crippen LogP contribution in [0.15, 0.2) is 34.2 Å². The summed E-state index contributed by atoms with van der Waals surface area (Å²) in [5.74, 6) is -0.769. The third-order valence-electron chi connectivity index (χ3n) is 4.80. The number of carbonyl (C=O) groups excluding carboxylic acids is 2. The van der Waals surface area contributed by atoms with Gasteiger partial charge in [0.2, 0.25) is 0 Å². The molecule has 1 atom stereocenters. The molecule has 1 saturated heterocycles. The zero-order valence-electron chi connectivity index (χ0n) is 15.2. The van der Waals surface area contributed by atoms with Gasteiger partial charge >= 0.3 is 5.97 Å². The molecule has 0 saturated carbocycles. The van der Waals surface area contributed by atoms with E-state index in [0.29, 0.717) is 12.1 Å². The molecule has 0 unspecified atom stereocenters. The van der Waals surface area contributed by atoms with E-state index in [2.05, 4.69) is 9.71 Å². The van der Waals surface area contributed by atoms with Crippen molar-refractivity contribution in [1.29, 1.82) is 0 Å². The standard InChI is InChI=1S/C18H23N3O5S/c1-2-13-7-5-6-10-21(13)16(22)12-26-17(23)11-19-18-14-8-3-4-9-15(14)27(24,25)20-18/h3-4,8-9,13H,2,5-7,10-12H2,1H3,(H,19,20)/t13-/m0/s1. The SMILES string of the molecule is CC[C@H]1CCCCN1C(=O)COC(=O)CN=C1NS(=O)(=O)c2ccccc21. The molecule has 2 aliphatic rings. The van der Waals surface area contributed by atoms with E-state index >= 15 is 0 Å². The molecule has 1 aromatic carbocycles. The Balaban J connectivity index is 1.56. The monoisotopic (exact) mass is 393 g/mol. The lowest BCUT2D eigenvalue weighted by atomic mass is 10.00. The molecule has 1 fully saturated rings. The molecule has 2 heterocycles. The fourth-order valence-electron chi connectivity index (χ4n) is 3.42. The second-order valence-electron chi connectivity index (χ2n) is 6.57. The quantitative estimate of drug-likeness (QED) is 0.753. The molecule has 1 amide bonds. The Bertz CT molecular complexity index is 866. The topological polar surface area (TPSA) is 105 Å². The fraction of sp³-hybridized carbons (Fsp3) is 0.500. The molecule has 2 aliphatic heterocycles. The summed E-state index contributed by atoms with van der Waals surface area (Å²) in [7, 11) is -3.65. The second kappa shape index (κ2) is 8.08. The summed E-state index contributed by atoms with van der Waals surface area (Å²) < 4.78 is 31.4. The largest absolute Gasteiger partial charge is 0.454 e. The number of sulfonamides is 1. The summed E-state index contributed by atoms with van der Waals surface area (Å²) in [6.45, 7) is 2.05. The van der Waals surface area contributed by atoms with Crippen LogP contribution in [-0.2, 0) is 24.3 Å². The molecule has 0 radical (unpaired) electrons. The number of hydrogen-bond donors (Lipinski definition) is 1. The van der Waals surface area contributed by atoms with Gasteiger partial charge in [-0.2, -0.15) is 0 Å². The highest BCUT2D eigenvalue weighted by molar-refractivity contribution is 7.90. The molecule has 8 nitrogen and oxygen atoms in total. The van der Waals surface area contributed by atoms with Crippen molar-refractivity contribution in [3.05, 3.63) is 29.8 Å². The first kappa shape index (κ1) is 19.3. The van der Waals surface area contributed by atoms with Crippen LogP contribution in [0.25, 0.3) is 0 Å². The van der Waals surface area contributed by atoms with E-state index < -0.39 is 16.0 Å². The van der Waals surface area contributed by atoms with Crippen LogP contribution in [0, 0.1) is 0 Å². The number of piperidine rings is 1. The number of aliphatic imine (C=N–C) groups is 1. The Morgan fingerprint density at radius 3 is 2.85 bits per heavy atom. The van der Waals surface area contributed by atoms with Gasteiger partial charge in [-0.15, -0.1) is 0 Å².